The summed E-state index contributed by atoms with van der Waals surface area (Å²) in [5.41, 5.74) is 0. The molecule has 1 radical (unpaired) electrons. The molecule has 0 amide bonds. The van der Waals surface area contributed by atoms with Crippen LogP contribution in [0.2, 0.25) is 0 Å². The minimum absolute atomic E-state index is 0.117. The third kappa shape index (κ3) is 1.87. The number of rotatable bonds is 1. The van der Waals surface area contributed by atoms with Crippen LogP contribution in [0.5, 0.6) is 0 Å². The van der Waals surface area contributed by atoms with Crippen molar-refractivity contribution in [1.82, 2.24) is 5.32 Å². The van der Waals surface area contributed by atoms with Crippen molar-refractivity contribution >= 4 is 17.4 Å². The van der Waals surface area contributed by atoms with Crippen molar-refractivity contribution in [2.45, 2.75) is 13.8 Å². The molecule has 0 unspecified atom stereocenters. The predicted octanol–water partition coefficient (Wildman–Crippen LogP) is 1.77. The van der Waals surface area contributed by atoms with Gasteiger partial charge in [0.1, 0.15) is 10.9 Å². The molecular formula is C7H10ClN2O. The Labute approximate surface area is 70.8 Å². The second kappa shape index (κ2) is 3.13. The zero-order valence-corrected chi connectivity index (χ0v) is 7.18. The molecule has 0 saturated heterocycles. The number of amidine groups is 1. The second-order valence-electron chi connectivity index (χ2n) is 2.61. The molecule has 0 saturated carbocycles. The van der Waals surface area contributed by atoms with Crippen molar-refractivity contribution in [3.05, 3.63) is 17.5 Å². The highest BCUT2D eigenvalue weighted by molar-refractivity contribution is 6.31. The van der Waals surface area contributed by atoms with Gasteiger partial charge in [0.05, 0.1) is 6.54 Å². The maximum absolute atomic E-state index is 9.09. The highest BCUT2D eigenvalue weighted by atomic mass is 35.5. The average molecular weight is 174 g/mol. The van der Waals surface area contributed by atoms with Crippen LogP contribution in [-0.4, -0.2) is 10.9 Å². The lowest BCUT2D eigenvalue weighted by Crippen LogP contribution is -2.29. The molecule has 11 heavy (non-hydrogen) atoms. The average Bonchev–Trinajstić information content (AvgIpc) is 1.94. The van der Waals surface area contributed by atoms with Gasteiger partial charge in [0.25, 0.3) is 0 Å². The van der Waals surface area contributed by atoms with Crippen LogP contribution in [0.15, 0.2) is 15.9 Å². The largest absolute Gasteiger partial charge is 0.492 e. The molecule has 0 spiro atoms. The molecule has 3 nitrogen and oxygen atoms in total. The van der Waals surface area contributed by atoms with E-state index >= 15 is 0 Å². The van der Waals surface area contributed by atoms with Gasteiger partial charge < -0.3 is 10.4 Å². The lowest BCUT2D eigenvalue weighted by atomic mass is 10.2. The smallest absolute Gasteiger partial charge is 0.229 e. The van der Waals surface area contributed by atoms with E-state index in [1.165, 1.54) is 6.54 Å². The van der Waals surface area contributed by atoms with Gasteiger partial charge in [-0.25, -0.2) is 0 Å². The van der Waals surface area contributed by atoms with Crippen LogP contribution in [0.3, 0.4) is 0 Å². The summed E-state index contributed by atoms with van der Waals surface area (Å²) in [6.45, 7) is 5.48. The number of hydrogen-bond acceptors (Lipinski definition) is 3. The molecule has 2 N–H and O–H groups in total. The third-order valence-electron chi connectivity index (χ3n) is 1.33. The maximum atomic E-state index is 9.09. The highest BCUT2D eigenvalue weighted by Gasteiger charge is 2.14. The number of nitrogens with one attached hydrogen (secondary N) is 1. The topological polar surface area (TPSA) is 44.6 Å². The fourth-order valence-electron chi connectivity index (χ4n) is 0.697. The highest BCUT2D eigenvalue weighted by Crippen LogP contribution is 2.15. The Morgan fingerprint density at radius 1 is 1.64 bits per heavy atom. The molecule has 0 aliphatic carbocycles. The molecule has 1 aliphatic heterocycles. The fourth-order valence-corrected chi connectivity index (χ4v) is 0.794. The molecule has 1 aliphatic rings. The van der Waals surface area contributed by atoms with Gasteiger partial charge in [-0.2, -0.15) is 4.99 Å². The van der Waals surface area contributed by atoms with Gasteiger partial charge in [-0.1, -0.05) is 25.4 Å². The van der Waals surface area contributed by atoms with Crippen molar-refractivity contribution in [3.63, 3.8) is 0 Å². The molecule has 4 heteroatoms. The summed E-state index contributed by atoms with van der Waals surface area (Å²) < 4.78 is 0. The first-order valence-electron chi connectivity index (χ1n) is 3.38. The van der Waals surface area contributed by atoms with E-state index in [9.17, 15) is 0 Å². The van der Waals surface area contributed by atoms with E-state index in [4.69, 9.17) is 16.7 Å². The Morgan fingerprint density at radius 3 is 2.73 bits per heavy atom. The van der Waals surface area contributed by atoms with Crippen LogP contribution in [-0.2, 0) is 0 Å². The number of aliphatic hydroxyl groups excluding tert-OH is 1. The Hall–Kier alpha value is -0.700. The van der Waals surface area contributed by atoms with Crippen LogP contribution in [0.25, 0.3) is 0 Å². The predicted molar refractivity (Wildman–Crippen MR) is 45.2 cm³/mol. The van der Waals surface area contributed by atoms with Crippen molar-refractivity contribution < 1.29 is 5.11 Å². The molecular weight excluding hydrogens is 164 g/mol. The molecule has 0 aromatic rings. The van der Waals surface area contributed by atoms with Crippen LogP contribution < -0.4 is 5.32 Å². The lowest BCUT2D eigenvalue weighted by molar-refractivity contribution is 0.400. The molecule has 0 bridgehead atoms. The van der Waals surface area contributed by atoms with Gasteiger partial charge in [0.2, 0.25) is 5.88 Å². The normalized spacial score (nSPS) is 18.4. The van der Waals surface area contributed by atoms with Crippen molar-refractivity contribution in [2.24, 2.45) is 10.9 Å². The summed E-state index contributed by atoms with van der Waals surface area (Å²) in [5.74, 6) is 0.874. The molecule has 0 aromatic carbocycles. The van der Waals surface area contributed by atoms with E-state index in [1.807, 2.05) is 13.8 Å². The first-order chi connectivity index (χ1) is 5.11. The van der Waals surface area contributed by atoms with Crippen molar-refractivity contribution in [3.8, 4) is 0 Å². The van der Waals surface area contributed by atoms with Gasteiger partial charge in [0, 0.05) is 5.92 Å². The van der Waals surface area contributed by atoms with Gasteiger partial charge >= 0.3 is 0 Å². The van der Waals surface area contributed by atoms with Crippen molar-refractivity contribution in [1.29, 1.82) is 0 Å². The SMILES string of the molecule is CC(C)C1=NC(O)=C(Cl)[CH]N1. The lowest BCUT2D eigenvalue weighted by Gasteiger charge is -2.16. The Kier molecular flexibility index (Phi) is 2.39. The van der Waals surface area contributed by atoms with Crippen molar-refractivity contribution in [2.75, 3.05) is 0 Å². The molecule has 1 rings (SSSR count). The van der Waals surface area contributed by atoms with E-state index in [-0.39, 0.29) is 16.8 Å². The number of halogens is 1. The van der Waals surface area contributed by atoms with E-state index in [2.05, 4.69) is 10.3 Å². The third-order valence-corrected chi connectivity index (χ3v) is 1.61. The zero-order chi connectivity index (χ0) is 8.43. The van der Waals surface area contributed by atoms with Gasteiger partial charge in [-0.3, -0.25) is 0 Å². The molecule has 0 atom stereocenters. The van der Waals surface area contributed by atoms with E-state index < -0.39 is 0 Å². The van der Waals surface area contributed by atoms with Crippen LogP contribution in [0.4, 0.5) is 0 Å². The first kappa shape index (κ1) is 8.40. The number of nitrogens with zero attached hydrogens (tertiary/aromatic N) is 1. The van der Waals surface area contributed by atoms with Gasteiger partial charge in [0.15, 0.2) is 0 Å². The Bertz CT molecular complexity index is 220. The number of aliphatic hydroxyl groups is 1. The standard InChI is InChI=1S/C7H10ClN2O/c1-4(2)6-9-3-5(8)7(11)10-6/h3-4,11H,1-2H3,(H,9,10). The number of aliphatic imine (C=N–C) groups is 1. The molecule has 1 heterocycles. The van der Waals surface area contributed by atoms with Crippen LogP contribution in [0, 0.1) is 12.5 Å². The first-order valence-corrected chi connectivity index (χ1v) is 3.76. The maximum Gasteiger partial charge on any atom is 0.229 e. The summed E-state index contributed by atoms with van der Waals surface area (Å²) >= 11 is 5.54. The van der Waals surface area contributed by atoms with E-state index in [0.717, 1.165) is 5.84 Å². The Balaban J connectivity index is 2.81. The second-order valence-corrected chi connectivity index (χ2v) is 3.02. The summed E-state index contributed by atoms with van der Waals surface area (Å²) in [6.07, 6.45) is 0. The van der Waals surface area contributed by atoms with Crippen LogP contribution in [0.1, 0.15) is 13.8 Å². The summed E-state index contributed by atoms with van der Waals surface area (Å²) in [4.78, 5) is 3.84. The monoisotopic (exact) mass is 173 g/mol. The fraction of sp³-hybridized carbons (Fsp3) is 0.429. The molecule has 61 valence electrons. The zero-order valence-electron chi connectivity index (χ0n) is 6.43. The van der Waals surface area contributed by atoms with Gasteiger partial charge in [-0.05, 0) is 0 Å². The molecule has 0 aromatic heterocycles. The quantitative estimate of drug-likeness (QED) is 0.635. The molecule has 0 fully saturated rings. The number of hydrogen-bond donors (Lipinski definition) is 2. The summed E-state index contributed by atoms with van der Waals surface area (Å²) in [5, 5.41) is 12.2. The minimum Gasteiger partial charge on any atom is -0.492 e. The summed E-state index contributed by atoms with van der Waals surface area (Å²) in [6, 6.07) is 0. The van der Waals surface area contributed by atoms with Crippen LogP contribution >= 0.6 is 11.6 Å². The van der Waals surface area contributed by atoms with E-state index in [1.54, 1.807) is 0 Å². The minimum atomic E-state index is -0.117. The summed E-state index contributed by atoms with van der Waals surface area (Å²) in [7, 11) is 0. The van der Waals surface area contributed by atoms with Gasteiger partial charge in [-0.15, -0.1) is 0 Å². The van der Waals surface area contributed by atoms with E-state index in [0.29, 0.717) is 0 Å². The Morgan fingerprint density at radius 2 is 2.27 bits per heavy atom.